The lowest BCUT2D eigenvalue weighted by Crippen LogP contribution is -2.40. The highest BCUT2D eigenvalue weighted by Gasteiger charge is 2.31. The number of carbonyl (C=O) groups is 1. The Morgan fingerprint density at radius 3 is 2.62 bits per heavy atom. The van der Waals surface area contributed by atoms with E-state index in [1.54, 1.807) is 0 Å². The second-order valence-corrected chi connectivity index (χ2v) is 8.16. The lowest BCUT2D eigenvalue weighted by molar-refractivity contribution is -0.131. The van der Waals surface area contributed by atoms with Gasteiger partial charge in [-0.1, -0.05) is 50.2 Å². The van der Waals surface area contributed by atoms with Crippen LogP contribution in [0.4, 0.5) is 0 Å². The smallest absolute Gasteiger partial charge is 0.237 e. The quantitative estimate of drug-likeness (QED) is 0.801. The van der Waals surface area contributed by atoms with Crippen LogP contribution in [0.25, 0.3) is 0 Å². The number of hydrogen-bond donors (Lipinski definition) is 1. The number of amides is 1. The molecule has 1 amide bonds. The maximum Gasteiger partial charge on any atom is 0.237 e. The van der Waals surface area contributed by atoms with Gasteiger partial charge in [0.1, 0.15) is 13.2 Å². The molecule has 2 unspecified atom stereocenters. The summed E-state index contributed by atoms with van der Waals surface area (Å²) < 4.78 is 11.4. The summed E-state index contributed by atoms with van der Waals surface area (Å²) in [6.45, 7) is 6.68. The van der Waals surface area contributed by atoms with Crippen LogP contribution in [-0.4, -0.2) is 37.1 Å². The molecule has 0 spiro atoms. The summed E-state index contributed by atoms with van der Waals surface area (Å²) in [7, 11) is 0. The van der Waals surface area contributed by atoms with Crippen molar-refractivity contribution in [2.45, 2.75) is 38.8 Å². The van der Waals surface area contributed by atoms with Gasteiger partial charge in [-0.3, -0.25) is 4.79 Å². The summed E-state index contributed by atoms with van der Waals surface area (Å²) in [5.74, 6) is 2.14. The number of carbonyl (C=O) groups excluding carboxylic acids is 1. The molecule has 29 heavy (non-hydrogen) atoms. The van der Waals surface area contributed by atoms with Gasteiger partial charge in [-0.05, 0) is 42.0 Å². The Hall–Kier alpha value is -2.53. The van der Waals surface area contributed by atoms with Gasteiger partial charge < -0.3 is 19.7 Å². The molecule has 5 nitrogen and oxygen atoms in total. The standard InChI is InChI=1S/C24H30N2O3/c1-17(2)24(18-7-4-3-5-8-18)25-16-23(27)26-12-6-9-20(26)19-10-11-21-22(15-19)29-14-13-28-21/h3-5,7-8,10-11,15,17,20,24-25H,6,9,12-14,16H2,1-2H3. The third kappa shape index (κ3) is 4.40. The molecule has 0 radical (unpaired) electrons. The highest BCUT2D eigenvalue weighted by Crippen LogP contribution is 2.38. The second kappa shape index (κ2) is 8.87. The molecule has 2 aromatic carbocycles. The fraction of sp³-hybridized carbons (Fsp3) is 0.458. The number of fused-ring (bicyclic) bond motifs is 1. The van der Waals surface area contributed by atoms with Gasteiger partial charge in [0.2, 0.25) is 5.91 Å². The van der Waals surface area contributed by atoms with Gasteiger partial charge in [-0.25, -0.2) is 0 Å². The largest absolute Gasteiger partial charge is 0.486 e. The molecule has 1 saturated heterocycles. The maximum atomic E-state index is 13.1. The number of benzene rings is 2. The van der Waals surface area contributed by atoms with Crippen LogP contribution in [0.3, 0.4) is 0 Å². The maximum absolute atomic E-state index is 13.1. The summed E-state index contributed by atoms with van der Waals surface area (Å²) in [6, 6.07) is 16.7. The van der Waals surface area contributed by atoms with Crippen molar-refractivity contribution < 1.29 is 14.3 Å². The number of rotatable bonds is 6. The van der Waals surface area contributed by atoms with Crippen molar-refractivity contribution in [2.24, 2.45) is 5.92 Å². The molecule has 0 aliphatic carbocycles. The topological polar surface area (TPSA) is 50.8 Å². The normalized spacial score (nSPS) is 19.4. The molecule has 2 aliphatic heterocycles. The zero-order chi connectivity index (χ0) is 20.2. The first-order valence-electron chi connectivity index (χ1n) is 10.6. The van der Waals surface area contributed by atoms with Gasteiger partial charge in [0.25, 0.3) is 0 Å². The fourth-order valence-electron chi connectivity index (χ4n) is 4.38. The van der Waals surface area contributed by atoms with Gasteiger partial charge in [0.15, 0.2) is 11.5 Å². The lowest BCUT2D eigenvalue weighted by Gasteiger charge is -2.29. The van der Waals surface area contributed by atoms with Crippen molar-refractivity contribution in [1.82, 2.24) is 10.2 Å². The van der Waals surface area contributed by atoms with E-state index in [1.807, 2.05) is 35.2 Å². The molecule has 0 bridgehead atoms. The third-order valence-electron chi connectivity index (χ3n) is 5.82. The molecule has 0 aromatic heterocycles. The molecular weight excluding hydrogens is 364 g/mol. The summed E-state index contributed by atoms with van der Waals surface area (Å²) in [5, 5.41) is 3.50. The third-order valence-corrected chi connectivity index (χ3v) is 5.82. The molecule has 1 fully saturated rings. The Bertz CT molecular complexity index is 837. The lowest BCUT2D eigenvalue weighted by atomic mass is 9.96. The van der Waals surface area contributed by atoms with E-state index >= 15 is 0 Å². The molecule has 4 rings (SSSR count). The molecular formula is C24H30N2O3. The Morgan fingerprint density at radius 2 is 1.86 bits per heavy atom. The van der Waals surface area contributed by atoms with Crippen LogP contribution in [-0.2, 0) is 4.79 Å². The van der Waals surface area contributed by atoms with E-state index < -0.39 is 0 Å². The molecule has 1 N–H and O–H groups in total. The Morgan fingerprint density at radius 1 is 1.10 bits per heavy atom. The SMILES string of the molecule is CC(C)C(NCC(=O)N1CCCC1c1ccc2c(c1)OCCO2)c1ccccc1. The van der Waals surface area contributed by atoms with Crippen LogP contribution in [0.2, 0.25) is 0 Å². The van der Waals surface area contributed by atoms with Crippen molar-refractivity contribution in [3.8, 4) is 11.5 Å². The first-order valence-corrected chi connectivity index (χ1v) is 10.6. The predicted octanol–water partition coefficient (Wildman–Crippen LogP) is 4.11. The summed E-state index contributed by atoms with van der Waals surface area (Å²) >= 11 is 0. The van der Waals surface area contributed by atoms with Crippen molar-refractivity contribution >= 4 is 5.91 Å². The van der Waals surface area contributed by atoms with Gasteiger partial charge >= 0.3 is 0 Å². The zero-order valence-electron chi connectivity index (χ0n) is 17.3. The number of nitrogens with zero attached hydrogens (tertiary/aromatic N) is 1. The zero-order valence-corrected chi connectivity index (χ0v) is 17.3. The minimum Gasteiger partial charge on any atom is -0.486 e. The van der Waals surface area contributed by atoms with Crippen molar-refractivity contribution in [3.05, 3.63) is 59.7 Å². The Kier molecular flexibility index (Phi) is 6.05. The first kappa shape index (κ1) is 19.8. The summed E-state index contributed by atoms with van der Waals surface area (Å²) in [5.41, 5.74) is 2.35. The van der Waals surface area contributed by atoms with Gasteiger partial charge in [0.05, 0.1) is 12.6 Å². The Balaban J connectivity index is 1.44. The predicted molar refractivity (Wildman–Crippen MR) is 113 cm³/mol. The number of hydrogen-bond acceptors (Lipinski definition) is 4. The van der Waals surface area contributed by atoms with E-state index in [1.165, 1.54) is 5.56 Å². The average molecular weight is 395 g/mol. The van der Waals surface area contributed by atoms with Crippen molar-refractivity contribution in [3.63, 3.8) is 0 Å². The van der Waals surface area contributed by atoms with E-state index in [-0.39, 0.29) is 18.0 Å². The van der Waals surface area contributed by atoms with Gasteiger partial charge in [-0.2, -0.15) is 0 Å². The van der Waals surface area contributed by atoms with Crippen LogP contribution in [0.15, 0.2) is 48.5 Å². The van der Waals surface area contributed by atoms with E-state index in [2.05, 4.69) is 37.4 Å². The molecule has 5 heteroatoms. The molecule has 2 atom stereocenters. The number of nitrogens with one attached hydrogen (secondary N) is 1. The van der Waals surface area contributed by atoms with E-state index in [0.29, 0.717) is 25.7 Å². The highest BCUT2D eigenvalue weighted by atomic mass is 16.6. The van der Waals surface area contributed by atoms with Crippen LogP contribution in [0.1, 0.15) is 49.9 Å². The number of ether oxygens (including phenoxy) is 2. The minimum absolute atomic E-state index is 0.106. The van der Waals surface area contributed by atoms with Crippen LogP contribution in [0, 0.1) is 5.92 Å². The van der Waals surface area contributed by atoms with Crippen LogP contribution >= 0.6 is 0 Å². The van der Waals surface area contributed by atoms with Crippen LogP contribution in [0.5, 0.6) is 11.5 Å². The molecule has 2 aliphatic rings. The van der Waals surface area contributed by atoms with Crippen molar-refractivity contribution in [2.75, 3.05) is 26.3 Å². The van der Waals surface area contributed by atoms with Gasteiger partial charge in [0, 0.05) is 12.6 Å². The summed E-state index contributed by atoms with van der Waals surface area (Å²) in [6.07, 6.45) is 2.01. The minimum atomic E-state index is 0.106. The average Bonchev–Trinajstić information content (AvgIpc) is 3.24. The van der Waals surface area contributed by atoms with E-state index in [0.717, 1.165) is 36.4 Å². The monoisotopic (exact) mass is 394 g/mol. The second-order valence-electron chi connectivity index (χ2n) is 8.16. The number of likely N-dealkylation sites (tertiary alicyclic amines) is 1. The van der Waals surface area contributed by atoms with E-state index in [9.17, 15) is 4.79 Å². The van der Waals surface area contributed by atoms with Crippen LogP contribution < -0.4 is 14.8 Å². The molecule has 2 heterocycles. The van der Waals surface area contributed by atoms with Gasteiger partial charge in [-0.15, -0.1) is 0 Å². The summed E-state index contributed by atoms with van der Waals surface area (Å²) in [4.78, 5) is 15.1. The molecule has 2 aromatic rings. The fourth-order valence-corrected chi connectivity index (χ4v) is 4.38. The molecule has 154 valence electrons. The first-order chi connectivity index (χ1) is 14.1. The molecule has 0 saturated carbocycles. The Labute approximate surface area is 173 Å². The van der Waals surface area contributed by atoms with Crippen molar-refractivity contribution in [1.29, 1.82) is 0 Å². The highest BCUT2D eigenvalue weighted by molar-refractivity contribution is 5.79. The van der Waals surface area contributed by atoms with E-state index in [4.69, 9.17) is 9.47 Å².